The zero-order valence-corrected chi connectivity index (χ0v) is 60.3. The molecule has 3 aromatic heterocycles. The van der Waals surface area contributed by atoms with Crippen molar-refractivity contribution in [1.29, 1.82) is 15.8 Å². The second kappa shape index (κ2) is 33.9. The molecule has 3 aliphatic carbocycles. The third-order valence-corrected chi connectivity index (χ3v) is 17.1. The largest absolute Gasteiger partial charge is 0.468 e. The number of halogens is 6. The van der Waals surface area contributed by atoms with E-state index in [0.717, 1.165) is 76.6 Å². The van der Waals surface area contributed by atoms with Crippen LogP contribution < -0.4 is 44.5 Å². The van der Waals surface area contributed by atoms with Crippen molar-refractivity contribution in [3.63, 3.8) is 0 Å². The number of nitriles is 3. The van der Waals surface area contributed by atoms with Crippen LogP contribution in [0.2, 0.25) is 30.1 Å². The number of aromatic nitrogens is 6. The number of aliphatic imine (C=N–C) groups is 1. The van der Waals surface area contributed by atoms with E-state index < -0.39 is 48.3 Å². The molecule has 3 N–H and O–H groups in total. The van der Waals surface area contributed by atoms with Gasteiger partial charge in [0, 0.05) is 42.0 Å². The molecule has 104 heavy (non-hydrogen) atoms. The molecular weight excluding hydrogens is 1470 g/mol. The summed E-state index contributed by atoms with van der Waals surface area (Å²) < 4.78 is 49.5. The van der Waals surface area contributed by atoms with E-state index in [9.17, 15) is 34.0 Å². The SMILES string of the molecule is CCOC(=O)CC(=O)C(C#N)=NCc1cc(Cl)c(Oc2ccc3nc(OC)n(C4CC4)c3c2)c(Cl)c1.CCOC(=O)NC(=O)CC#N.COc1nc2ccc(Oc3c(Cl)cc(N)cc3Cl)cc2n1C1CC1.COc1nc2ccc(Oc3c(Cl)cc(N4N=C(C#N)C(=O)CC4=O)cc3Cl)cc2n1C1CC1. The Labute approximate surface area is 622 Å². The Hall–Kier alpha value is -10.9. The lowest BCUT2D eigenvalue weighted by Crippen LogP contribution is -2.36. The zero-order chi connectivity index (χ0) is 74.6. The van der Waals surface area contributed by atoms with Crippen LogP contribution >= 0.6 is 69.6 Å². The molecule has 34 heteroatoms. The van der Waals surface area contributed by atoms with Gasteiger partial charge in [-0.1, -0.05) is 69.6 Å². The lowest BCUT2D eigenvalue weighted by atomic mass is 10.1. The Morgan fingerprint density at radius 1 is 0.596 bits per heavy atom. The van der Waals surface area contributed by atoms with Crippen molar-refractivity contribution in [3.8, 4) is 70.7 Å². The zero-order valence-electron chi connectivity index (χ0n) is 55.8. The summed E-state index contributed by atoms with van der Waals surface area (Å²) in [6, 6.07) is 33.7. The highest BCUT2D eigenvalue weighted by atomic mass is 35.5. The third-order valence-electron chi connectivity index (χ3n) is 15.4. The molecule has 28 nitrogen and oxygen atoms in total. The molecule has 3 amide bonds. The lowest BCUT2D eigenvalue weighted by Gasteiger charge is -2.22. The van der Waals surface area contributed by atoms with Crippen molar-refractivity contribution in [2.24, 2.45) is 10.1 Å². The van der Waals surface area contributed by atoms with E-state index in [1.54, 1.807) is 89.8 Å². The summed E-state index contributed by atoms with van der Waals surface area (Å²) in [5, 5.41) is 34.4. The second-order valence-corrected chi connectivity index (χ2v) is 25.4. The quantitative estimate of drug-likeness (QED) is 0.0292. The fourth-order valence-electron chi connectivity index (χ4n) is 10.4. The van der Waals surface area contributed by atoms with Gasteiger partial charge in [-0.25, -0.2) is 4.79 Å². The van der Waals surface area contributed by atoms with E-state index in [1.165, 1.54) is 12.1 Å². The predicted octanol–water partition coefficient (Wildman–Crippen LogP) is 15.4. The Morgan fingerprint density at radius 3 is 1.38 bits per heavy atom. The number of hydrazone groups is 1. The van der Waals surface area contributed by atoms with E-state index in [-0.39, 0.29) is 74.9 Å². The molecule has 0 unspecified atom stereocenters. The van der Waals surface area contributed by atoms with Crippen LogP contribution in [0.1, 0.15) is 95.3 Å². The molecule has 6 aromatic carbocycles. The smallest absolute Gasteiger partial charge is 0.413 e. The first-order valence-electron chi connectivity index (χ1n) is 31.8. The molecule has 3 fully saturated rings. The first-order chi connectivity index (χ1) is 50.0. The summed E-state index contributed by atoms with van der Waals surface area (Å²) in [4.78, 5) is 86.1. The monoisotopic (exact) mass is 1530 g/mol. The van der Waals surface area contributed by atoms with E-state index in [4.69, 9.17) is 119 Å². The van der Waals surface area contributed by atoms with Crippen molar-refractivity contribution in [1.82, 2.24) is 34.0 Å². The number of nitrogen functional groups attached to an aromatic ring is 1. The number of imidazole rings is 3. The normalized spacial score (nSPS) is 13.8. The number of Topliss-reactive ketones (excluding diaryl/α,β-unsaturated/α-hetero) is 2. The summed E-state index contributed by atoms with van der Waals surface area (Å²) >= 11 is 38.1. The summed E-state index contributed by atoms with van der Waals surface area (Å²) in [6.07, 6.45) is 4.35. The number of alkyl carbamates (subject to hydrolysis) is 1. The van der Waals surface area contributed by atoms with Gasteiger partial charge in [0.25, 0.3) is 23.9 Å². The number of amides is 3. The minimum absolute atomic E-state index is 0.0382. The molecule has 536 valence electrons. The van der Waals surface area contributed by atoms with E-state index in [1.807, 2.05) is 52.3 Å². The van der Waals surface area contributed by atoms with Crippen LogP contribution in [0.15, 0.2) is 101 Å². The van der Waals surface area contributed by atoms with Crippen molar-refractivity contribution < 1.29 is 66.7 Å². The van der Waals surface area contributed by atoms with Crippen LogP contribution in [0.25, 0.3) is 33.1 Å². The number of rotatable bonds is 21. The number of nitrogens with zero attached hydrogens (tertiary/aromatic N) is 12. The molecule has 0 saturated heterocycles. The van der Waals surface area contributed by atoms with Crippen molar-refractivity contribution >= 4 is 161 Å². The molecule has 4 heterocycles. The molecule has 1 aliphatic heterocycles. The number of carbonyl (C=O) groups excluding carboxylic acids is 6. The molecule has 9 aromatic rings. The maximum absolute atomic E-state index is 12.3. The minimum Gasteiger partial charge on any atom is -0.468 e. The van der Waals surface area contributed by atoms with Gasteiger partial charge < -0.3 is 43.6 Å². The number of nitrogens with one attached hydrogen (secondary N) is 1. The average Bonchev–Trinajstić information content (AvgIpc) is 1.63. The number of carbonyl (C=O) groups is 6. The Balaban J connectivity index is 0.000000158. The topological polar surface area (TPSA) is 367 Å². The summed E-state index contributed by atoms with van der Waals surface area (Å²) in [6.45, 7) is 3.55. The number of anilines is 2. The average molecular weight is 1530 g/mol. The number of imide groups is 1. The summed E-state index contributed by atoms with van der Waals surface area (Å²) in [5.41, 5.74) is 11.4. The van der Waals surface area contributed by atoms with Crippen LogP contribution in [0.5, 0.6) is 52.5 Å². The number of nitrogens with two attached hydrogens (primary N) is 1. The highest BCUT2D eigenvalue weighted by Gasteiger charge is 2.34. The van der Waals surface area contributed by atoms with Gasteiger partial charge in [0.1, 0.15) is 42.2 Å². The lowest BCUT2D eigenvalue weighted by molar-refractivity contribution is -0.144. The fourth-order valence-corrected chi connectivity index (χ4v) is 12.1. The maximum Gasteiger partial charge on any atom is 0.413 e. The fraction of sp³-hybridized carbons (Fsp3) is 0.286. The Morgan fingerprint density at radius 2 is 1.01 bits per heavy atom. The number of ether oxygens (including phenoxy) is 8. The van der Waals surface area contributed by atoms with Crippen LogP contribution in [0, 0.1) is 34.0 Å². The van der Waals surface area contributed by atoms with Gasteiger partial charge in [-0.3, -0.25) is 48.0 Å². The first-order valence-corrected chi connectivity index (χ1v) is 34.0. The van der Waals surface area contributed by atoms with Gasteiger partial charge in [0.15, 0.2) is 23.0 Å². The van der Waals surface area contributed by atoms with Crippen LogP contribution in [0.4, 0.5) is 16.2 Å². The van der Waals surface area contributed by atoms with Crippen LogP contribution in [0.3, 0.4) is 0 Å². The van der Waals surface area contributed by atoms with Gasteiger partial charge in [-0.15, -0.1) is 0 Å². The third kappa shape index (κ3) is 18.3. The van der Waals surface area contributed by atoms with E-state index in [0.29, 0.717) is 80.5 Å². The number of fused-ring (bicyclic) bond motifs is 3. The molecule has 0 bridgehead atoms. The molecule has 0 radical (unpaired) electrons. The van der Waals surface area contributed by atoms with Crippen LogP contribution in [-0.4, -0.2) is 110 Å². The van der Waals surface area contributed by atoms with Gasteiger partial charge in [-0.2, -0.15) is 40.8 Å². The first kappa shape index (κ1) is 75.8. The number of hydrogen-bond donors (Lipinski definition) is 2. The molecule has 4 aliphatic rings. The predicted molar refractivity (Wildman–Crippen MR) is 386 cm³/mol. The molecular formula is C70H60Cl6N14O14. The molecule has 3 saturated carbocycles. The van der Waals surface area contributed by atoms with Crippen LogP contribution in [-0.2, 0) is 40.0 Å². The van der Waals surface area contributed by atoms with Gasteiger partial charge >= 0.3 is 12.1 Å². The van der Waals surface area contributed by atoms with Gasteiger partial charge in [0.2, 0.25) is 23.2 Å². The van der Waals surface area contributed by atoms with Crippen molar-refractivity contribution in [3.05, 3.63) is 127 Å². The van der Waals surface area contributed by atoms with Crippen molar-refractivity contribution in [2.45, 2.75) is 96.3 Å². The van der Waals surface area contributed by atoms with E-state index >= 15 is 0 Å². The molecule has 0 atom stereocenters. The van der Waals surface area contributed by atoms with Gasteiger partial charge in [-0.05, 0) is 131 Å². The minimum atomic E-state index is -0.812. The Kier molecular flexibility index (Phi) is 24.7. The number of ketones is 2. The second-order valence-electron chi connectivity index (χ2n) is 22.9. The Bertz CT molecular complexity index is 5010. The maximum atomic E-state index is 12.3. The number of hydrogen-bond acceptors (Lipinski definition) is 23. The number of benzene rings is 6. The standard InChI is InChI=1S/C25H22Cl2N4O5.C22H15Cl2N5O4.C17H15Cl2N3O2.C6H8N2O3/c1-3-35-23(33)11-22(32)20(12-28)29-13-14-8-17(26)24(18(27)9-14)36-16-6-7-19-21(10-16)31(15-4-5-15)25(30-19)34-2;1-32-22-26-16-5-4-13(8-18(16)28(22)11-2-3-11)33-21-14(23)6-12(7-15(21)24)29-20(31)9-19(30)17(10-25)27-29;1-23-17-21-14-5-4-11(8-15(14)22(17)10-2-3-10)24-16-12(18)6-9(20)7-13(16)19;1-2-11-6(10)8-5(9)3-4-7/h6-10,15H,3-5,11,13H2,1-2H3;4-8,11H,2-3,9H2,1H3;4-8,10H,2-3,20H2,1H3;2-3H2,1H3,(H,8,9,10). The molecule has 0 spiro atoms. The van der Waals surface area contributed by atoms with E-state index in [2.05, 4.69) is 38.9 Å². The van der Waals surface area contributed by atoms with Gasteiger partial charge in [0.05, 0.1) is 123 Å². The van der Waals surface area contributed by atoms with Crippen molar-refractivity contribution in [2.75, 3.05) is 45.3 Å². The number of methoxy groups -OCH3 is 3. The molecule has 13 rings (SSSR count). The highest BCUT2D eigenvalue weighted by Crippen LogP contribution is 2.47. The number of esters is 1. The highest BCUT2D eigenvalue weighted by molar-refractivity contribution is 6.50. The summed E-state index contributed by atoms with van der Waals surface area (Å²) in [7, 11) is 4.81. The summed E-state index contributed by atoms with van der Waals surface area (Å²) in [5.74, 6) is -0.820.